The molecule has 3 rings (SSSR count). The molecule has 0 aromatic heterocycles. The monoisotopic (exact) mass is 414 g/mol. The Bertz CT molecular complexity index is 918. The van der Waals surface area contributed by atoms with Crippen molar-refractivity contribution >= 4 is 11.8 Å². The van der Waals surface area contributed by atoms with Gasteiger partial charge >= 0.3 is 0 Å². The quantitative estimate of drug-likeness (QED) is 0.755. The van der Waals surface area contributed by atoms with Gasteiger partial charge in [0.1, 0.15) is 17.3 Å². The fourth-order valence-electron chi connectivity index (χ4n) is 3.86. The minimum absolute atomic E-state index is 0.00322. The molecule has 2 aromatic rings. The van der Waals surface area contributed by atoms with Crippen molar-refractivity contribution < 1.29 is 23.5 Å². The Morgan fingerprint density at radius 1 is 1.13 bits per heavy atom. The zero-order valence-corrected chi connectivity index (χ0v) is 17.5. The molecule has 2 aromatic carbocycles. The fraction of sp³-hybridized carbons (Fsp3) is 0.391. The van der Waals surface area contributed by atoms with Crippen LogP contribution in [0.4, 0.5) is 4.39 Å². The molecule has 0 saturated carbocycles. The van der Waals surface area contributed by atoms with Gasteiger partial charge in [-0.2, -0.15) is 0 Å². The highest BCUT2D eigenvalue weighted by Gasteiger charge is 2.42. The van der Waals surface area contributed by atoms with E-state index in [9.17, 15) is 14.0 Å². The Labute approximate surface area is 176 Å². The van der Waals surface area contributed by atoms with Crippen molar-refractivity contribution in [2.45, 2.75) is 19.3 Å². The maximum Gasteiger partial charge on any atom is 0.256 e. The second kappa shape index (κ2) is 9.61. The molecule has 0 aliphatic carbocycles. The van der Waals surface area contributed by atoms with Crippen LogP contribution in [-0.2, 0) is 4.79 Å². The smallest absolute Gasteiger partial charge is 0.256 e. The maximum absolute atomic E-state index is 14.2. The van der Waals surface area contributed by atoms with Gasteiger partial charge in [-0.1, -0.05) is 19.1 Å². The van der Waals surface area contributed by atoms with Crippen molar-refractivity contribution in [3.05, 3.63) is 59.4 Å². The number of nitrogens with zero attached hydrogens (tertiary/aromatic N) is 1. The molecule has 160 valence electrons. The molecule has 6 nitrogen and oxygen atoms in total. The van der Waals surface area contributed by atoms with Crippen LogP contribution in [0.1, 0.15) is 35.2 Å². The number of benzene rings is 2. The molecule has 2 atom stereocenters. The van der Waals surface area contributed by atoms with Crippen LogP contribution in [0.3, 0.4) is 0 Å². The number of methoxy groups -OCH3 is 2. The van der Waals surface area contributed by atoms with Crippen LogP contribution in [-0.4, -0.2) is 50.6 Å². The molecule has 1 heterocycles. The average molecular weight is 414 g/mol. The van der Waals surface area contributed by atoms with Gasteiger partial charge in [-0.3, -0.25) is 9.59 Å². The van der Waals surface area contributed by atoms with Gasteiger partial charge in [0, 0.05) is 31.1 Å². The third-order valence-electron chi connectivity index (χ3n) is 5.43. The summed E-state index contributed by atoms with van der Waals surface area (Å²) >= 11 is 0. The zero-order valence-electron chi connectivity index (χ0n) is 17.5. The predicted octanol–water partition coefficient (Wildman–Crippen LogP) is 3.22. The van der Waals surface area contributed by atoms with Crippen LogP contribution in [0.2, 0.25) is 0 Å². The summed E-state index contributed by atoms with van der Waals surface area (Å²) in [4.78, 5) is 27.5. The van der Waals surface area contributed by atoms with E-state index in [-0.39, 0.29) is 30.5 Å². The van der Waals surface area contributed by atoms with E-state index >= 15 is 0 Å². The van der Waals surface area contributed by atoms with E-state index in [1.54, 1.807) is 38.5 Å². The van der Waals surface area contributed by atoms with E-state index in [1.165, 1.54) is 17.0 Å². The second-order valence-corrected chi connectivity index (χ2v) is 7.30. The highest BCUT2D eigenvalue weighted by Crippen LogP contribution is 2.40. The van der Waals surface area contributed by atoms with Gasteiger partial charge in [0.2, 0.25) is 5.91 Å². The summed E-state index contributed by atoms with van der Waals surface area (Å²) < 4.78 is 25.1. The Kier molecular flexibility index (Phi) is 6.92. The van der Waals surface area contributed by atoms with E-state index in [4.69, 9.17) is 9.47 Å². The maximum atomic E-state index is 14.2. The van der Waals surface area contributed by atoms with E-state index in [0.29, 0.717) is 18.0 Å². The van der Waals surface area contributed by atoms with E-state index < -0.39 is 17.6 Å². The summed E-state index contributed by atoms with van der Waals surface area (Å²) in [7, 11) is 3.13. The third kappa shape index (κ3) is 4.40. The molecule has 0 radical (unpaired) electrons. The first kappa shape index (κ1) is 21.6. The minimum Gasteiger partial charge on any atom is -0.497 e. The molecule has 30 heavy (non-hydrogen) atoms. The largest absolute Gasteiger partial charge is 0.497 e. The number of amides is 2. The van der Waals surface area contributed by atoms with Crippen LogP contribution in [0.25, 0.3) is 0 Å². The van der Waals surface area contributed by atoms with Crippen LogP contribution in [0.5, 0.6) is 11.5 Å². The lowest BCUT2D eigenvalue weighted by Gasteiger charge is -2.21. The van der Waals surface area contributed by atoms with Gasteiger partial charge < -0.3 is 19.7 Å². The predicted molar refractivity (Wildman–Crippen MR) is 111 cm³/mol. The molecule has 0 spiro atoms. The lowest BCUT2D eigenvalue weighted by Crippen LogP contribution is -2.36. The number of ether oxygens (including phenoxy) is 2. The van der Waals surface area contributed by atoms with Crippen LogP contribution < -0.4 is 14.8 Å². The lowest BCUT2D eigenvalue weighted by molar-refractivity contribution is -0.124. The summed E-state index contributed by atoms with van der Waals surface area (Å²) in [5, 5.41) is 2.93. The van der Waals surface area contributed by atoms with Gasteiger partial charge in [-0.05, 0) is 36.8 Å². The van der Waals surface area contributed by atoms with Crippen LogP contribution in [0, 0.1) is 11.7 Å². The molecule has 1 fully saturated rings. The van der Waals surface area contributed by atoms with E-state index in [1.807, 2.05) is 13.0 Å². The SMILES string of the molecule is CCCNC(=O)C1CN(C(=O)c2ccccc2F)CC1c1cc(OC)ccc1OC. The number of nitrogens with one attached hydrogen (secondary N) is 1. The van der Waals surface area contributed by atoms with Gasteiger partial charge in [-0.15, -0.1) is 0 Å². The Balaban J connectivity index is 1.96. The van der Waals surface area contributed by atoms with Gasteiger partial charge in [-0.25, -0.2) is 4.39 Å². The summed E-state index contributed by atoms with van der Waals surface area (Å²) in [6.45, 7) is 3.01. The molecule has 1 aliphatic heterocycles. The zero-order chi connectivity index (χ0) is 21.7. The fourth-order valence-corrected chi connectivity index (χ4v) is 3.86. The lowest BCUT2D eigenvalue weighted by atomic mass is 9.87. The summed E-state index contributed by atoms with van der Waals surface area (Å²) in [5.41, 5.74) is 0.792. The standard InChI is InChI=1S/C23H27FN2O4/c1-4-11-25-22(27)19-14-26(23(28)16-7-5-6-8-20(16)24)13-18(19)17-12-15(29-2)9-10-21(17)30-3/h5-10,12,18-19H,4,11,13-14H2,1-3H3,(H,25,27). The first-order valence-corrected chi connectivity index (χ1v) is 10.0. The highest BCUT2D eigenvalue weighted by atomic mass is 19.1. The number of halogens is 1. The molecule has 2 unspecified atom stereocenters. The van der Waals surface area contributed by atoms with Gasteiger partial charge in [0.25, 0.3) is 5.91 Å². The first-order valence-electron chi connectivity index (χ1n) is 10.0. The third-order valence-corrected chi connectivity index (χ3v) is 5.43. The molecular weight excluding hydrogens is 387 g/mol. The molecule has 7 heteroatoms. The van der Waals surface area contributed by atoms with Crippen LogP contribution >= 0.6 is 0 Å². The molecule has 1 aliphatic rings. The second-order valence-electron chi connectivity index (χ2n) is 7.30. The highest BCUT2D eigenvalue weighted by molar-refractivity contribution is 5.95. The molecule has 2 amide bonds. The Hall–Kier alpha value is -3.09. The van der Waals surface area contributed by atoms with Crippen molar-refractivity contribution in [2.75, 3.05) is 33.9 Å². The van der Waals surface area contributed by atoms with E-state index in [2.05, 4.69) is 5.32 Å². The number of carbonyl (C=O) groups excluding carboxylic acids is 2. The summed E-state index contributed by atoms with van der Waals surface area (Å²) in [6, 6.07) is 11.3. The Morgan fingerprint density at radius 2 is 1.90 bits per heavy atom. The molecular formula is C23H27FN2O4. The summed E-state index contributed by atoms with van der Waals surface area (Å²) in [5.74, 6) is -0.652. The van der Waals surface area contributed by atoms with Crippen LogP contribution in [0.15, 0.2) is 42.5 Å². The summed E-state index contributed by atoms with van der Waals surface area (Å²) in [6.07, 6.45) is 0.809. The number of rotatable bonds is 7. The van der Waals surface area contributed by atoms with Crippen molar-refractivity contribution in [3.8, 4) is 11.5 Å². The van der Waals surface area contributed by atoms with Crippen molar-refractivity contribution in [2.24, 2.45) is 5.92 Å². The first-order chi connectivity index (χ1) is 14.5. The normalized spacial score (nSPS) is 18.2. The number of hydrogen-bond donors (Lipinski definition) is 1. The van der Waals surface area contributed by atoms with Gasteiger partial charge in [0.15, 0.2) is 0 Å². The molecule has 0 bridgehead atoms. The molecule has 1 saturated heterocycles. The molecule has 1 N–H and O–H groups in total. The topological polar surface area (TPSA) is 67.9 Å². The number of hydrogen-bond acceptors (Lipinski definition) is 4. The van der Waals surface area contributed by atoms with Crippen molar-refractivity contribution in [1.82, 2.24) is 10.2 Å². The van der Waals surface area contributed by atoms with Crippen molar-refractivity contribution in [3.63, 3.8) is 0 Å². The van der Waals surface area contributed by atoms with E-state index in [0.717, 1.165) is 12.0 Å². The number of carbonyl (C=O) groups is 2. The minimum atomic E-state index is -0.572. The Morgan fingerprint density at radius 3 is 2.57 bits per heavy atom. The van der Waals surface area contributed by atoms with Gasteiger partial charge in [0.05, 0.1) is 25.7 Å². The number of likely N-dealkylation sites (tertiary alicyclic amines) is 1. The van der Waals surface area contributed by atoms with Crippen molar-refractivity contribution in [1.29, 1.82) is 0 Å². The average Bonchev–Trinajstić information content (AvgIpc) is 3.22.